The number of amides is 1. The summed E-state index contributed by atoms with van der Waals surface area (Å²) in [6, 6.07) is 12.8. The summed E-state index contributed by atoms with van der Waals surface area (Å²) in [4.78, 5) is 32.5. The predicted octanol–water partition coefficient (Wildman–Crippen LogP) is 4.98. The van der Waals surface area contributed by atoms with Crippen LogP contribution in [0.25, 0.3) is 0 Å². The lowest BCUT2D eigenvalue weighted by Gasteiger charge is -2.32. The smallest absolute Gasteiger partial charge is 0.270 e. The van der Waals surface area contributed by atoms with E-state index in [0.717, 1.165) is 5.56 Å². The summed E-state index contributed by atoms with van der Waals surface area (Å²) >= 11 is 12.5. The number of non-ortho nitro benzene ring substituents is 1. The van der Waals surface area contributed by atoms with Gasteiger partial charge in [-0.2, -0.15) is 0 Å². The van der Waals surface area contributed by atoms with Crippen molar-refractivity contribution in [2.75, 3.05) is 36.1 Å². The molecular formula is C23H20Cl2N4O4. The summed E-state index contributed by atoms with van der Waals surface area (Å²) in [5, 5.41) is 12.2. The Labute approximate surface area is 200 Å². The zero-order valence-corrected chi connectivity index (χ0v) is 19.0. The van der Waals surface area contributed by atoms with Crippen molar-refractivity contribution in [3.05, 3.63) is 92.2 Å². The molecule has 2 heterocycles. The first-order valence-corrected chi connectivity index (χ1v) is 11.0. The van der Waals surface area contributed by atoms with Crippen molar-refractivity contribution in [2.45, 2.75) is 6.54 Å². The van der Waals surface area contributed by atoms with Gasteiger partial charge >= 0.3 is 0 Å². The Hall–Kier alpha value is -3.20. The van der Waals surface area contributed by atoms with Gasteiger partial charge in [0.25, 0.3) is 11.6 Å². The first-order valence-electron chi connectivity index (χ1n) is 10.2. The number of nitrogens with zero attached hydrogens (tertiary/aromatic N) is 4. The lowest BCUT2D eigenvalue weighted by molar-refractivity contribution is -0.384. The minimum atomic E-state index is -0.513. The maximum atomic E-state index is 14.0. The fourth-order valence-corrected chi connectivity index (χ4v) is 4.19. The first kappa shape index (κ1) is 23.0. The van der Waals surface area contributed by atoms with Crippen molar-refractivity contribution in [1.29, 1.82) is 0 Å². The molecule has 0 bridgehead atoms. The number of ether oxygens (including phenoxy) is 1. The van der Waals surface area contributed by atoms with E-state index in [0.29, 0.717) is 42.7 Å². The van der Waals surface area contributed by atoms with Crippen LogP contribution in [0, 0.1) is 10.1 Å². The molecular weight excluding hydrogens is 467 g/mol. The fourth-order valence-electron chi connectivity index (χ4n) is 3.68. The summed E-state index contributed by atoms with van der Waals surface area (Å²) in [6.45, 7) is 2.32. The van der Waals surface area contributed by atoms with E-state index in [1.807, 2.05) is 11.0 Å². The number of carbonyl (C=O) groups is 1. The van der Waals surface area contributed by atoms with Gasteiger partial charge in [0.1, 0.15) is 0 Å². The third-order valence-electron chi connectivity index (χ3n) is 5.28. The molecule has 1 aromatic heterocycles. The van der Waals surface area contributed by atoms with Crippen molar-refractivity contribution >= 4 is 46.2 Å². The van der Waals surface area contributed by atoms with E-state index >= 15 is 0 Å². The molecule has 0 unspecified atom stereocenters. The minimum absolute atomic E-state index is 0.166. The van der Waals surface area contributed by atoms with E-state index in [4.69, 9.17) is 27.9 Å². The highest BCUT2D eigenvalue weighted by atomic mass is 35.5. The Morgan fingerprint density at radius 1 is 1.15 bits per heavy atom. The number of benzene rings is 2. The van der Waals surface area contributed by atoms with Crippen LogP contribution in [0.4, 0.5) is 17.1 Å². The van der Waals surface area contributed by atoms with E-state index in [-0.39, 0.29) is 22.8 Å². The monoisotopic (exact) mass is 486 g/mol. The molecule has 1 saturated heterocycles. The third kappa shape index (κ3) is 5.24. The van der Waals surface area contributed by atoms with Crippen molar-refractivity contribution in [3.8, 4) is 0 Å². The summed E-state index contributed by atoms with van der Waals surface area (Å²) in [5.74, 6) is -0.423. The van der Waals surface area contributed by atoms with E-state index < -0.39 is 10.8 Å². The third-order valence-corrected chi connectivity index (χ3v) is 5.82. The first-order chi connectivity index (χ1) is 15.9. The Morgan fingerprint density at radius 2 is 1.94 bits per heavy atom. The van der Waals surface area contributed by atoms with Crippen LogP contribution in [0.2, 0.25) is 10.0 Å². The lowest BCUT2D eigenvalue weighted by atomic mass is 10.1. The molecule has 4 rings (SSSR count). The number of morpholine rings is 1. The Bertz CT molecular complexity index is 1170. The second-order valence-electron chi connectivity index (χ2n) is 7.41. The minimum Gasteiger partial charge on any atom is -0.378 e. The molecule has 170 valence electrons. The summed E-state index contributed by atoms with van der Waals surface area (Å²) in [6.07, 6.45) is 3.29. The number of pyridine rings is 1. The molecule has 2 aromatic carbocycles. The number of halogens is 2. The SMILES string of the molecule is O=C(c1cc([N+](=O)[O-])ccc1N1CCOCC1)N(Cc1cccnc1)c1ccc(Cl)cc1Cl. The number of rotatable bonds is 6. The van der Waals surface area contributed by atoms with Gasteiger partial charge in [-0.1, -0.05) is 29.3 Å². The number of aromatic nitrogens is 1. The van der Waals surface area contributed by atoms with Gasteiger partial charge < -0.3 is 14.5 Å². The fraction of sp³-hybridized carbons (Fsp3) is 0.217. The summed E-state index contributed by atoms with van der Waals surface area (Å²) < 4.78 is 5.42. The average molecular weight is 487 g/mol. The molecule has 8 nitrogen and oxygen atoms in total. The van der Waals surface area contributed by atoms with Crippen LogP contribution in [0.3, 0.4) is 0 Å². The molecule has 0 saturated carbocycles. The topological polar surface area (TPSA) is 88.8 Å². The van der Waals surface area contributed by atoms with Gasteiger partial charge in [-0.15, -0.1) is 0 Å². The number of carbonyl (C=O) groups excluding carboxylic acids is 1. The van der Waals surface area contributed by atoms with Gasteiger partial charge in [0, 0.05) is 42.6 Å². The summed E-state index contributed by atoms with van der Waals surface area (Å²) in [5.41, 5.74) is 1.86. The standard InChI is InChI=1S/C23H20Cl2N4O4/c24-17-3-5-22(20(25)12-17)28(15-16-2-1-7-26-14-16)23(30)19-13-18(29(31)32)4-6-21(19)27-8-10-33-11-9-27/h1-7,12-14H,8-11,15H2. The second-order valence-corrected chi connectivity index (χ2v) is 8.25. The van der Waals surface area contributed by atoms with Crippen LogP contribution in [0.5, 0.6) is 0 Å². The van der Waals surface area contributed by atoms with Gasteiger partial charge in [0.15, 0.2) is 0 Å². The summed E-state index contributed by atoms with van der Waals surface area (Å²) in [7, 11) is 0. The Kier molecular flexibility index (Phi) is 7.08. The van der Waals surface area contributed by atoms with E-state index in [1.54, 1.807) is 42.7 Å². The predicted molar refractivity (Wildman–Crippen MR) is 127 cm³/mol. The average Bonchev–Trinajstić information content (AvgIpc) is 2.83. The van der Waals surface area contributed by atoms with E-state index in [2.05, 4.69) is 4.98 Å². The number of nitro groups is 1. The molecule has 3 aromatic rings. The van der Waals surface area contributed by atoms with Crippen molar-refractivity contribution in [2.24, 2.45) is 0 Å². The van der Waals surface area contributed by atoms with Crippen LogP contribution in [-0.4, -0.2) is 42.1 Å². The van der Waals surface area contributed by atoms with Crippen LogP contribution >= 0.6 is 23.2 Å². The molecule has 33 heavy (non-hydrogen) atoms. The molecule has 1 aliphatic rings. The van der Waals surface area contributed by atoms with Crippen LogP contribution in [0.1, 0.15) is 15.9 Å². The van der Waals surface area contributed by atoms with E-state index in [9.17, 15) is 14.9 Å². The molecule has 0 spiro atoms. The van der Waals surface area contributed by atoms with Gasteiger partial charge in [0.05, 0.1) is 46.6 Å². The molecule has 1 aliphatic heterocycles. The number of anilines is 2. The maximum Gasteiger partial charge on any atom is 0.270 e. The Balaban J connectivity index is 1.82. The molecule has 10 heteroatoms. The zero-order chi connectivity index (χ0) is 23.4. The highest BCUT2D eigenvalue weighted by molar-refractivity contribution is 6.37. The lowest BCUT2D eigenvalue weighted by Crippen LogP contribution is -2.38. The van der Waals surface area contributed by atoms with Gasteiger partial charge in [-0.25, -0.2) is 0 Å². The van der Waals surface area contributed by atoms with Crippen LogP contribution < -0.4 is 9.80 Å². The molecule has 0 atom stereocenters. The van der Waals surface area contributed by atoms with Crippen molar-refractivity contribution < 1.29 is 14.5 Å². The molecule has 0 aliphatic carbocycles. The number of nitro benzene ring substituents is 1. The van der Waals surface area contributed by atoms with Crippen LogP contribution in [0.15, 0.2) is 60.9 Å². The highest BCUT2D eigenvalue weighted by Crippen LogP contribution is 2.34. The molecule has 1 amide bonds. The van der Waals surface area contributed by atoms with Crippen molar-refractivity contribution in [3.63, 3.8) is 0 Å². The number of hydrogen-bond acceptors (Lipinski definition) is 6. The quantitative estimate of drug-likeness (QED) is 0.360. The van der Waals surface area contributed by atoms with Gasteiger partial charge in [-0.3, -0.25) is 19.9 Å². The number of hydrogen-bond donors (Lipinski definition) is 0. The molecule has 0 radical (unpaired) electrons. The van der Waals surface area contributed by atoms with Gasteiger partial charge in [-0.05, 0) is 35.9 Å². The van der Waals surface area contributed by atoms with Gasteiger partial charge in [0.2, 0.25) is 0 Å². The van der Waals surface area contributed by atoms with E-state index in [1.165, 1.54) is 17.0 Å². The molecule has 0 N–H and O–H groups in total. The largest absolute Gasteiger partial charge is 0.378 e. The van der Waals surface area contributed by atoms with Crippen LogP contribution in [-0.2, 0) is 11.3 Å². The highest BCUT2D eigenvalue weighted by Gasteiger charge is 2.27. The normalized spacial score (nSPS) is 13.6. The molecule has 1 fully saturated rings. The Morgan fingerprint density at radius 3 is 2.61 bits per heavy atom. The van der Waals surface area contributed by atoms with Crippen molar-refractivity contribution in [1.82, 2.24) is 4.98 Å². The zero-order valence-electron chi connectivity index (χ0n) is 17.5. The maximum absolute atomic E-state index is 14.0. The second kappa shape index (κ2) is 10.2.